The number of hydrogen-bond donors (Lipinski definition) is 2. The monoisotopic (exact) mass is 244 g/mol. The lowest BCUT2D eigenvalue weighted by atomic mass is 9.92. The summed E-state index contributed by atoms with van der Waals surface area (Å²) >= 11 is 0. The van der Waals surface area contributed by atoms with Gasteiger partial charge in [0.1, 0.15) is 5.60 Å². The molecule has 0 bridgehead atoms. The van der Waals surface area contributed by atoms with Crippen molar-refractivity contribution in [2.75, 3.05) is 7.05 Å². The molecular formula is C12H24N2O3. The van der Waals surface area contributed by atoms with Gasteiger partial charge in [-0.1, -0.05) is 12.8 Å². The van der Waals surface area contributed by atoms with E-state index in [1.54, 1.807) is 12.1 Å². The number of hydrazine groups is 1. The summed E-state index contributed by atoms with van der Waals surface area (Å²) in [6, 6.07) is -0.0173. The Hall–Kier alpha value is -0.810. The highest BCUT2D eigenvalue weighted by molar-refractivity contribution is 5.67. The van der Waals surface area contributed by atoms with Crippen LogP contribution in [0.15, 0.2) is 0 Å². The molecule has 2 N–H and O–H groups in total. The Labute approximate surface area is 103 Å². The van der Waals surface area contributed by atoms with Crippen LogP contribution in [0.1, 0.15) is 46.5 Å². The van der Waals surface area contributed by atoms with Crippen molar-refractivity contribution in [2.45, 2.75) is 64.2 Å². The summed E-state index contributed by atoms with van der Waals surface area (Å²) in [5, 5.41) is 11.5. The maximum atomic E-state index is 11.6. The molecule has 0 heterocycles. The van der Waals surface area contributed by atoms with Crippen molar-refractivity contribution in [3.05, 3.63) is 0 Å². The number of likely N-dealkylation sites (N-methyl/N-ethyl adjacent to an activating group) is 1. The predicted molar refractivity (Wildman–Crippen MR) is 65.4 cm³/mol. The first-order chi connectivity index (χ1) is 7.79. The summed E-state index contributed by atoms with van der Waals surface area (Å²) in [4.78, 5) is 11.6. The number of aliphatic hydroxyl groups is 1. The van der Waals surface area contributed by atoms with Crippen LogP contribution in [0.5, 0.6) is 0 Å². The minimum absolute atomic E-state index is 0.0173. The highest BCUT2D eigenvalue weighted by atomic mass is 16.6. The van der Waals surface area contributed by atoms with Gasteiger partial charge in [0.25, 0.3) is 0 Å². The number of carbonyl (C=O) groups excluding carboxylic acids is 1. The van der Waals surface area contributed by atoms with Gasteiger partial charge in [-0.25, -0.2) is 9.80 Å². The molecule has 0 aromatic heterocycles. The lowest BCUT2D eigenvalue weighted by Crippen LogP contribution is -2.52. The van der Waals surface area contributed by atoms with E-state index >= 15 is 0 Å². The topological polar surface area (TPSA) is 61.8 Å². The largest absolute Gasteiger partial charge is 0.443 e. The van der Waals surface area contributed by atoms with Crippen LogP contribution in [0.4, 0.5) is 4.79 Å². The van der Waals surface area contributed by atoms with Gasteiger partial charge in [-0.05, 0) is 33.6 Å². The average molecular weight is 244 g/mol. The number of hydrogen-bond acceptors (Lipinski definition) is 4. The molecule has 0 saturated heterocycles. The second-order valence-corrected chi connectivity index (χ2v) is 5.64. The van der Waals surface area contributed by atoms with Crippen LogP contribution in [-0.2, 0) is 4.74 Å². The van der Waals surface area contributed by atoms with Gasteiger partial charge in [0.2, 0.25) is 0 Å². The second-order valence-electron chi connectivity index (χ2n) is 5.64. The summed E-state index contributed by atoms with van der Waals surface area (Å²) in [6.45, 7) is 5.46. The lowest BCUT2D eigenvalue weighted by molar-refractivity contribution is -0.00779. The first-order valence-corrected chi connectivity index (χ1v) is 6.20. The Balaban J connectivity index is 2.42. The Kier molecular flexibility index (Phi) is 4.77. The third kappa shape index (κ3) is 4.91. The fourth-order valence-electron chi connectivity index (χ4n) is 2.07. The minimum atomic E-state index is -0.504. The Morgan fingerprint density at radius 1 is 1.35 bits per heavy atom. The van der Waals surface area contributed by atoms with Gasteiger partial charge in [0, 0.05) is 7.05 Å². The molecule has 1 aliphatic carbocycles. The van der Waals surface area contributed by atoms with Crippen LogP contribution in [0.2, 0.25) is 0 Å². The van der Waals surface area contributed by atoms with E-state index in [9.17, 15) is 9.90 Å². The van der Waals surface area contributed by atoms with Gasteiger partial charge < -0.3 is 9.84 Å². The summed E-state index contributed by atoms with van der Waals surface area (Å²) in [6.07, 6.45) is 2.99. The molecule has 1 fully saturated rings. The average Bonchev–Trinajstić information content (AvgIpc) is 2.14. The number of amides is 1. The number of rotatable bonds is 2. The summed E-state index contributed by atoms with van der Waals surface area (Å²) in [5.74, 6) is 0. The van der Waals surface area contributed by atoms with Crippen LogP contribution < -0.4 is 5.43 Å². The third-order valence-electron chi connectivity index (χ3n) is 2.86. The summed E-state index contributed by atoms with van der Waals surface area (Å²) < 4.78 is 5.16. The zero-order valence-corrected chi connectivity index (χ0v) is 11.2. The number of aliphatic hydroxyl groups excluding tert-OH is 1. The van der Waals surface area contributed by atoms with E-state index in [1.165, 1.54) is 0 Å². The molecular weight excluding hydrogens is 220 g/mol. The zero-order valence-electron chi connectivity index (χ0n) is 11.2. The van der Waals surface area contributed by atoms with Crippen molar-refractivity contribution >= 4 is 6.09 Å². The first kappa shape index (κ1) is 14.3. The molecule has 0 spiro atoms. The molecule has 5 heteroatoms. The summed E-state index contributed by atoms with van der Waals surface area (Å²) in [7, 11) is 1.77. The normalized spacial score (nSPS) is 25.8. The molecule has 0 aromatic carbocycles. The van der Waals surface area contributed by atoms with Gasteiger partial charge in [0.15, 0.2) is 0 Å². The van der Waals surface area contributed by atoms with Crippen LogP contribution in [0.3, 0.4) is 0 Å². The molecule has 100 valence electrons. The highest BCUT2D eigenvalue weighted by Gasteiger charge is 2.28. The number of nitrogens with zero attached hydrogens (tertiary/aromatic N) is 1. The second kappa shape index (κ2) is 5.69. The fourth-order valence-corrected chi connectivity index (χ4v) is 2.07. The van der Waals surface area contributed by atoms with Crippen molar-refractivity contribution < 1.29 is 14.6 Å². The molecule has 0 radical (unpaired) electrons. The third-order valence-corrected chi connectivity index (χ3v) is 2.86. The van der Waals surface area contributed by atoms with Gasteiger partial charge in [-0.2, -0.15) is 0 Å². The number of ether oxygens (including phenoxy) is 1. The Morgan fingerprint density at radius 2 is 1.94 bits per heavy atom. The molecule has 1 aliphatic rings. The summed E-state index contributed by atoms with van der Waals surface area (Å²) in [5.41, 5.74) is 2.14. The van der Waals surface area contributed by atoms with Crippen LogP contribution in [0, 0.1) is 0 Å². The highest BCUT2D eigenvalue weighted by Crippen LogP contribution is 2.21. The molecule has 17 heavy (non-hydrogen) atoms. The van der Waals surface area contributed by atoms with Crippen molar-refractivity contribution in [3.8, 4) is 0 Å². The molecule has 0 aromatic rings. The molecule has 0 unspecified atom stereocenters. The standard InChI is InChI=1S/C12H24N2O3/c1-12(2,3)17-11(16)13-14(4)9-7-5-6-8-10(9)15/h9-10,15H,5-8H2,1-4H3,(H,13,16)/t9-,10-/m0/s1. The SMILES string of the molecule is CN(NC(=O)OC(C)(C)C)[C@H]1CCCC[C@@H]1O. The van der Waals surface area contributed by atoms with Crippen molar-refractivity contribution in [2.24, 2.45) is 0 Å². The molecule has 5 nitrogen and oxygen atoms in total. The van der Waals surface area contributed by atoms with E-state index < -0.39 is 11.7 Å². The molecule has 0 aliphatic heterocycles. The zero-order chi connectivity index (χ0) is 13.1. The first-order valence-electron chi connectivity index (χ1n) is 6.20. The number of nitrogens with one attached hydrogen (secondary N) is 1. The quantitative estimate of drug-likeness (QED) is 0.725. The predicted octanol–water partition coefficient (Wildman–Crippen LogP) is 1.66. The van der Waals surface area contributed by atoms with Crippen molar-refractivity contribution in [1.29, 1.82) is 0 Å². The maximum absolute atomic E-state index is 11.6. The van der Waals surface area contributed by atoms with Crippen molar-refractivity contribution in [3.63, 3.8) is 0 Å². The maximum Gasteiger partial charge on any atom is 0.422 e. The van der Waals surface area contributed by atoms with Gasteiger partial charge in [0.05, 0.1) is 12.1 Å². The van der Waals surface area contributed by atoms with Crippen LogP contribution in [0.25, 0.3) is 0 Å². The van der Waals surface area contributed by atoms with Gasteiger partial charge >= 0.3 is 6.09 Å². The molecule has 1 rings (SSSR count). The Bertz CT molecular complexity index is 263. The van der Waals surface area contributed by atoms with Gasteiger partial charge in [-0.3, -0.25) is 5.43 Å². The molecule has 2 atom stereocenters. The van der Waals surface area contributed by atoms with Gasteiger partial charge in [-0.15, -0.1) is 0 Å². The van der Waals surface area contributed by atoms with E-state index in [0.29, 0.717) is 0 Å². The van der Waals surface area contributed by atoms with E-state index in [0.717, 1.165) is 25.7 Å². The van der Waals surface area contributed by atoms with E-state index in [2.05, 4.69) is 5.43 Å². The minimum Gasteiger partial charge on any atom is -0.443 e. The lowest BCUT2D eigenvalue weighted by Gasteiger charge is -2.35. The van der Waals surface area contributed by atoms with E-state index in [4.69, 9.17) is 4.74 Å². The molecule has 1 saturated carbocycles. The van der Waals surface area contributed by atoms with Crippen LogP contribution in [-0.4, -0.2) is 41.0 Å². The van der Waals surface area contributed by atoms with E-state index in [1.807, 2.05) is 20.8 Å². The Morgan fingerprint density at radius 3 is 2.47 bits per heavy atom. The van der Waals surface area contributed by atoms with Crippen LogP contribution >= 0.6 is 0 Å². The van der Waals surface area contributed by atoms with Crippen molar-refractivity contribution in [1.82, 2.24) is 10.4 Å². The number of carbonyl (C=O) groups is 1. The van der Waals surface area contributed by atoms with E-state index in [-0.39, 0.29) is 12.1 Å². The smallest absolute Gasteiger partial charge is 0.422 e. The fraction of sp³-hybridized carbons (Fsp3) is 0.917. The molecule has 1 amide bonds.